The summed E-state index contributed by atoms with van der Waals surface area (Å²) in [5, 5.41) is 31.1. The molecule has 0 bridgehead atoms. The lowest BCUT2D eigenvalue weighted by Crippen LogP contribution is -2.48. The Balaban J connectivity index is 0. The molecule has 0 amide bonds. The normalized spacial score (nSPS) is 9.08. The summed E-state index contributed by atoms with van der Waals surface area (Å²) in [6.07, 6.45) is -1.10. The Morgan fingerprint density at radius 2 is 1.50 bits per heavy atom. The third kappa shape index (κ3) is 11.9. The Kier molecular flexibility index (Phi) is 11.7. The highest BCUT2D eigenvalue weighted by molar-refractivity contribution is 5.68. The SMILES string of the molecule is NCC(=O)O.ONC(NO)NO. The Morgan fingerprint density at radius 1 is 1.25 bits per heavy atom. The van der Waals surface area contributed by atoms with Gasteiger partial charge in [0.05, 0.1) is 6.54 Å². The summed E-state index contributed by atoms with van der Waals surface area (Å²) in [4.78, 5) is 9.24. The van der Waals surface area contributed by atoms with E-state index in [1.54, 1.807) is 0 Å². The van der Waals surface area contributed by atoms with E-state index in [0.717, 1.165) is 0 Å². The highest BCUT2D eigenvalue weighted by Crippen LogP contribution is 1.55. The first-order valence-electron chi connectivity index (χ1n) is 2.73. The first-order valence-corrected chi connectivity index (χ1v) is 2.73. The number of nitrogens with one attached hydrogen (secondary N) is 3. The molecule has 0 heterocycles. The van der Waals surface area contributed by atoms with Crippen molar-refractivity contribution in [2.75, 3.05) is 6.54 Å². The Hall–Kier alpha value is -0.810. The molecule has 0 atom stereocenters. The van der Waals surface area contributed by atoms with Crippen LogP contribution in [0, 0.1) is 0 Å². The molecule has 0 radical (unpaired) electrons. The fourth-order valence-corrected chi connectivity index (χ4v) is 0.0866. The van der Waals surface area contributed by atoms with Crippen molar-refractivity contribution in [3.63, 3.8) is 0 Å². The van der Waals surface area contributed by atoms with Crippen LogP contribution in [0.2, 0.25) is 0 Å². The molecule has 9 nitrogen and oxygen atoms in total. The maximum atomic E-state index is 9.24. The van der Waals surface area contributed by atoms with Crippen molar-refractivity contribution in [1.82, 2.24) is 16.4 Å². The smallest absolute Gasteiger partial charge is 0.317 e. The lowest BCUT2D eigenvalue weighted by molar-refractivity contribution is -0.135. The molecule has 0 aromatic heterocycles. The minimum Gasteiger partial charge on any atom is -0.480 e. The zero-order valence-corrected chi connectivity index (χ0v) is 6.06. The van der Waals surface area contributed by atoms with Gasteiger partial charge in [-0.3, -0.25) is 4.79 Å². The van der Waals surface area contributed by atoms with Gasteiger partial charge in [-0.25, -0.2) is 0 Å². The van der Waals surface area contributed by atoms with Crippen LogP contribution in [0.25, 0.3) is 0 Å². The van der Waals surface area contributed by atoms with E-state index >= 15 is 0 Å². The van der Waals surface area contributed by atoms with Gasteiger partial charge in [-0.1, -0.05) is 0 Å². The van der Waals surface area contributed by atoms with E-state index in [1.165, 1.54) is 16.4 Å². The molecular formula is C3H12N4O5. The molecule has 0 fully saturated rings. The average molecular weight is 184 g/mol. The minimum atomic E-state index is -1.10. The molecule has 0 aliphatic carbocycles. The summed E-state index contributed by atoms with van der Waals surface area (Å²) in [7, 11) is 0. The fourth-order valence-electron chi connectivity index (χ4n) is 0.0866. The second-order valence-electron chi connectivity index (χ2n) is 1.42. The summed E-state index contributed by atoms with van der Waals surface area (Å²) in [6, 6.07) is 0. The third-order valence-corrected chi connectivity index (χ3v) is 0.562. The van der Waals surface area contributed by atoms with Crippen molar-refractivity contribution in [2.24, 2.45) is 5.73 Å². The first kappa shape index (κ1) is 13.8. The maximum absolute atomic E-state index is 9.24. The van der Waals surface area contributed by atoms with Crippen molar-refractivity contribution < 1.29 is 25.5 Å². The topological polar surface area (TPSA) is 160 Å². The lowest BCUT2D eigenvalue weighted by Gasteiger charge is -2.07. The molecule has 0 aliphatic rings. The maximum Gasteiger partial charge on any atom is 0.317 e. The average Bonchev–Trinajstić information content (AvgIpc) is 2.09. The van der Waals surface area contributed by atoms with Crippen LogP contribution in [0.4, 0.5) is 0 Å². The lowest BCUT2D eigenvalue weighted by atomic mass is 10.7. The van der Waals surface area contributed by atoms with E-state index in [9.17, 15) is 4.79 Å². The van der Waals surface area contributed by atoms with E-state index in [1.807, 2.05) is 0 Å². The Morgan fingerprint density at radius 3 is 1.50 bits per heavy atom. The zero-order valence-electron chi connectivity index (χ0n) is 6.06. The number of carboxylic acid groups (broad SMARTS) is 1. The molecule has 74 valence electrons. The van der Waals surface area contributed by atoms with Crippen LogP contribution in [0.15, 0.2) is 0 Å². The summed E-state index contributed by atoms with van der Waals surface area (Å²) < 4.78 is 0. The molecule has 0 aliphatic heterocycles. The third-order valence-electron chi connectivity index (χ3n) is 0.562. The van der Waals surface area contributed by atoms with Crippen LogP contribution in [-0.4, -0.2) is 39.5 Å². The van der Waals surface area contributed by atoms with Crippen molar-refractivity contribution >= 4 is 5.97 Å². The molecule has 0 aromatic carbocycles. The fraction of sp³-hybridized carbons (Fsp3) is 0.667. The number of nitrogens with two attached hydrogens (primary N) is 1. The summed E-state index contributed by atoms with van der Waals surface area (Å²) in [5.74, 6) is -0.968. The predicted octanol–water partition coefficient (Wildman–Crippen LogP) is -2.76. The van der Waals surface area contributed by atoms with E-state index < -0.39 is 12.3 Å². The van der Waals surface area contributed by atoms with Gasteiger partial charge in [-0.2, -0.15) is 16.4 Å². The van der Waals surface area contributed by atoms with Crippen LogP contribution in [0.5, 0.6) is 0 Å². The molecule has 0 unspecified atom stereocenters. The molecule has 0 spiro atoms. The standard InChI is InChI=1S/C2H5NO2.CH7N3O3/c3-1-2(4)5;5-2-1(3-6)4-7/h1,3H2,(H,4,5);1-7H. The number of hydroxylamine groups is 3. The van der Waals surface area contributed by atoms with Gasteiger partial charge in [0.25, 0.3) is 0 Å². The minimum absolute atomic E-state index is 0.278. The monoisotopic (exact) mass is 184 g/mol. The summed E-state index contributed by atoms with van der Waals surface area (Å²) >= 11 is 0. The molecule has 0 aromatic rings. The molecule has 9 heteroatoms. The van der Waals surface area contributed by atoms with E-state index in [4.69, 9.17) is 20.7 Å². The summed E-state index contributed by atoms with van der Waals surface area (Å²) in [6.45, 7) is -0.278. The van der Waals surface area contributed by atoms with E-state index in [-0.39, 0.29) is 6.54 Å². The molecule has 0 saturated heterocycles. The van der Waals surface area contributed by atoms with Crippen LogP contribution in [-0.2, 0) is 4.79 Å². The molecule has 0 rings (SSSR count). The number of hydrogen-bond acceptors (Lipinski definition) is 8. The van der Waals surface area contributed by atoms with Gasteiger partial charge in [0.1, 0.15) is 0 Å². The zero-order chi connectivity index (χ0) is 9.98. The van der Waals surface area contributed by atoms with Gasteiger partial charge in [0.15, 0.2) is 6.29 Å². The van der Waals surface area contributed by atoms with Crippen LogP contribution >= 0.6 is 0 Å². The van der Waals surface area contributed by atoms with Gasteiger partial charge in [0, 0.05) is 0 Å². The van der Waals surface area contributed by atoms with Gasteiger partial charge in [-0.05, 0) is 0 Å². The second kappa shape index (κ2) is 10.2. The van der Waals surface area contributed by atoms with Crippen LogP contribution < -0.4 is 22.2 Å². The largest absolute Gasteiger partial charge is 0.480 e. The second-order valence-corrected chi connectivity index (χ2v) is 1.42. The van der Waals surface area contributed by atoms with Crippen LogP contribution in [0.1, 0.15) is 0 Å². The number of hydrogen-bond donors (Lipinski definition) is 8. The van der Waals surface area contributed by atoms with Crippen LogP contribution in [0.3, 0.4) is 0 Å². The van der Waals surface area contributed by atoms with Crippen molar-refractivity contribution in [3.8, 4) is 0 Å². The quantitative estimate of drug-likeness (QED) is 0.171. The molecule has 0 saturated carbocycles. The molecule has 12 heavy (non-hydrogen) atoms. The van der Waals surface area contributed by atoms with E-state index in [2.05, 4.69) is 5.73 Å². The Bertz CT molecular complexity index is 101. The summed E-state index contributed by atoms with van der Waals surface area (Å²) in [5.41, 5.74) is 9.01. The predicted molar refractivity (Wildman–Crippen MR) is 35.2 cm³/mol. The highest BCUT2D eigenvalue weighted by Gasteiger charge is 1.96. The van der Waals surface area contributed by atoms with Crippen molar-refractivity contribution in [1.29, 1.82) is 0 Å². The van der Waals surface area contributed by atoms with Crippen molar-refractivity contribution in [3.05, 3.63) is 0 Å². The van der Waals surface area contributed by atoms with Gasteiger partial charge < -0.3 is 26.5 Å². The number of rotatable bonds is 4. The van der Waals surface area contributed by atoms with E-state index in [0.29, 0.717) is 0 Å². The number of carboxylic acids is 1. The van der Waals surface area contributed by atoms with Crippen molar-refractivity contribution in [2.45, 2.75) is 6.29 Å². The van der Waals surface area contributed by atoms with Gasteiger partial charge >= 0.3 is 5.97 Å². The molecule has 9 N–H and O–H groups in total. The molecular weight excluding hydrogens is 172 g/mol. The number of aliphatic carboxylic acids is 1. The number of carbonyl (C=O) groups is 1. The van der Waals surface area contributed by atoms with Gasteiger partial charge in [-0.15, -0.1) is 0 Å². The first-order chi connectivity index (χ1) is 5.62. The Labute approximate surface area is 67.7 Å². The highest BCUT2D eigenvalue weighted by atomic mass is 16.5. The van der Waals surface area contributed by atoms with Gasteiger partial charge in [0.2, 0.25) is 0 Å².